The first kappa shape index (κ1) is 14.8. The van der Waals surface area contributed by atoms with Gasteiger partial charge < -0.3 is 0 Å². The molecular weight excluding hydrogens is 419 g/mol. The molecule has 0 amide bonds. The molecule has 0 atom stereocenters. The molecule has 0 spiro atoms. The summed E-state index contributed by atoms with van der Waals surface area (Å²) in [6, 6.07) is 7.63. The monoisotopic (exact) mass is 424 g/mol. The topological polar surface area (TPSA) is 59.1 Å². The number of nitrogens with zero attached hydrogens (tertiary/aromatic N) is 1. The number of halogens is 3. The van der Waals surface area contributed by atoms with Gasteiger partial charge in [0, 0.05) is 15.1 Å². The van der Waals surface area contributed by atoms with Gasteiger partial charge in [0.25, 0.3) is 10.0 Å². The van der Waals surface area contributed by atoms with Crippen LogP contribution in [0.3, 0.4) is 0 Å². The summed E-state index contributed by atoms with van der Waals surface area (Å²) in [6.07, 6.45) is 1.51. The number of hydrogen-bond acceptors (Lipinski definition) is 3. The second-order valence-corrected chi connectivity index (χ2v) is 7.40. The summed E-state index contributed by atoms with van der Waals surface area (Å²) in [6.45, 7) is 0. The van der Waals surface area contributed by atoms with E-state index in [1.54, 1.807) is 12.1 Å². The lowest BCUT2D eigenvalue weighted by Crippen LogP contribution is -2.13. The number of hydrogen-bond donors (Lipinski definition) is 1. The maximum Gasteiger partial charge on any atom is 0.263 e. The van der Waals surface area contributed by atoms with Crippen LogP contribution in [0.15, 0.2) is 50.4 Å². The van der Waals surface area contributed by atoms with Crippen molar-refractivity contribution in [3.05, 3.63) is 50.5 Å². The highest BCUT2D eigenvalue weighted by atomic mass is 79.9. The molecule has 1 heterocycles. The molecule has 0 aliphatic heterocycles. The van der Waals surface area contributed by atoms with Crippen molar-refractivity contribution in [3.8, 4) is 0 Å². The molecule has 2 rings (SSSR count). The molecule has 1 N–H and O–H groups in total. The van der Waals surface area contributed by atoms with Gasteiger partial charge in [0.05, 0.1) is 9.92 Å². The van der Waals surface area contributed by atoms with Gasteiger partial charge in [-0.3, -0.25) is 4.72 Å². The van der Waals surface area contributed by atoms with Crippen LogP contribution in [0, 0.1) is 0 Å². The van der Waals surface area contributed by atoms with E-state index < -0.39 is 10.0 Å². The second kappa shape index (κ2) is 5.78. The summed E-state index contributed by atoms with van der Waals surface area (Å²) in [5, 5.41) is 0.445. The second-order valence-electron chi connectivity index (χ2n) is 3.54. The lowest BCUT2D eigenvalue weighted by atomic mass is 10.4. The van der Waals surface area contributed by atoms with Crippen LogP contribution in [0.25, 0.3) is 0 Å². The molecule has 1 aromatic carbocycles. The zero-order valence-electron chi connectivity index (χ0n) is 9.27. The number of rotatable bonds is 3. The van der Waals surface area contributed by atoms with Gasteiger partial charge in [0.1, 0.15) is 5.82 Å². The molecule has 0 aliphatic carbocycles. The van der Waals surface area contributed by atoms with Gasteiger partial charge in [0.2, 0.25) is 0 Å². The highest BCUT2D eigenvalue weighted by Gasteiger charge is 2.16. The van der Waals surface area contributed by atoms with Gasteiger partial charge in [-0.1, -0.05) is 11.6 Å². The maximum absolute atomic E-state index is 12.1. The number of pyridine rings is 1. The van der Waals surface area contributed by atoms with E-state index in [0.717, 1.165) is 4.47 Å². The molecule has 0 saturated heterocycles. The molecule has 0 bridgehead atoms. The minimum absolute atomic E-state index is 0.105. The summed E-state index contributed by atoms with van der Waals surface area (Å²) in [7, 11) is -3.68. The molecule has 100 valence electrons. The first-order valence-corrected chi connectivity index (χ1v) is 8.42. The van der Waals surface area contributed by atoms with Gasteiger partial charge in [-0.2, -0.15) is 0 Å². The number of nitrogens with one attached hydrogen (secondary N) is 1. The van der Waals surface area contributed by atoms with Crippen LogP contribution in [0.4, 0.5) is 5.82 Å². The van der Waals surface area contributed by atoms with Gasteiger partial charge in [-0.05, 0) is 62.2 Å². The number of benzene rings is 1. The zero-order valence-corrected chi connectivity index (χ0v) is 14.0. The third-order valence-electron chi connectivity index (χ3n) is 2.17. The molecule has 1 aromatic heterocycles. The average Bonchev–Trinajstić information content (AvgIpc) is 2.35. The van der Waals surface area contributed by atoms with Crippen molar-refractivity contribution in [2.75, 3.05) is 4.72 Å². The Morgan fingerprint density at radius 1 is 1.16 bits per heavy atom. The van der Waals surface area contributed by atoms with Crippen molar-refractivity contribution in [3.63, 3.8) is 0 Å². The Morgan fingerprint density at radius 2 is 1.89 bits per heavy atom. The lowest BCUT2D eigenvalue weighted by molar-refractivity contribution is 0.601. The Kier molecular flexibility index (Phi) is 4.50. The van der Waals surface area contributed by atoms with E-state index in [0.29, 0.717) is 9.50 Å². The largest absolute Gasteiger partial charge is 0.263 e. The summed E-state index contributed by atoms with van der Waals surface area (Å²) < 4.78 is 27.9. The molecule has 0 radical (unpaired) electrons. The Labute approximate surface area is 132 Å². The van der Waals surface area contributed by atoms with E-state index in [1.807, 2.05) is 0 Å². The van der Waals surface area contributed by atoms with Crippen LogP contribution in [0.5, 0.6) is 0 Å². The Morgan fingerprint density at radius 3 is 2.47 bits per heavy atom. The molecule has 0 saturated carbocycles. The molecule has 19 heavy (non-hydrogen) atoms. The molecule has 8 heteroatoms. The van der Waals surface area contributed by atoms with Crippen LogP contribution in [-0.2, 0) is 10.0 Å². The minimum Gasteiger partial charge on any atom is -0.263 e. The molecule has 4 nitrogen and oxygen atoms in total. The van der Waals surface area contributed by atoms with Crippen LogP contribution in [0.2, 0.25) is 5.02 Å². The van der Waals surface area contributed by atoms with Crippen molar-refractivity contribution in [2.24, 2.45) is 0 Å². The van der Waals surface area contributed by atoms with E-state index in [1.165, 1.54) is 24.4 Å². The van der Waals surface area contributed by atoms with Crippen LogP contribution < -0.4 is 4.72 Å². The lowest BCUT2D eigenvalue weighted by Gasteiger charge is -2.08. The summed E-state index contributed by atoms with van der Waals surface area (Å²) in [4.78, 5) is 4.06. The summed E-state index contributed by atoms with van der Waals surface area (Å²) >= 11 is 12.2. The first-order chi connectivity index (χ1) is 8.88. The summed E-state index contributed by atoms with van der Waals surface area (Å²) in [5.74, 6) is 0.245. The highest BCUT2D eigenvalue weighted by Crippen LogP contribution is 2.26. The van der Waals surface area contributed by atoms with Crippen molar-refractivity contribution in [1.82, 2.24) is 4.98 Å². The molecule has 0 fully saturated rings. The Balaban J connectivity index is 2.32. The van der Waals surface area contributed by atoms with Crippen molar-refractivity contribution in [1.29, 1.82) is 0 Å². The fraction of sp³-hybridized carbons (Fsp3) is 0. The van der Waals surface area contributed by atoms with Gasteiger partial charge in [-0.25, -0.2) is 13.4 Å². The van der Waals surface area contributed by atoms with Crippen LogP contribution >= 0.6 is 43.5 Å². The fourth-order valence-electron chi connectivity index (χ4n) is 1.28. The predicted molar refractivity (Wildman–Crippen MR) is 81.9 cm³/mol. The van der Waals surface area contributed by atoms with Gasteiger partial charge >= 0.3 is 0 Å². The number of sulfonamides is 1. The SMILES string of the molecule is O=S(=O)(Nc1ccc(Br)cn1)c1ccc(Cl)c(Br)c1. The molecule has 0 aliphatic rings. The first-order valence-electron chi connectivity index (χ1n) is 4.98. The standard InChI is InChI=1S/C11H7Br2ClN2O2S/c12-7-1-4-11(15-6-7)16-19(17,18)8-2-3-10(14)9(13)5-8/h1-6H,(H,15,16). The minimum atomic E-state index is -3.68. The van der Waals surface area contributed by atoms with Crippen molar-refractivity contribution in [2.45, 2.75) is 4.90 Å². The average molecular weight is 427 g/mol. The quantitative estimate of drug-likeness (QED) is 0.805. The van der Waals surface area contributed by atoms with E-state index in [4.69, 9.17) is 11.6 Å². The maximum atomic E-state index is 12.1. The molecule has 2 aromatic rings. The Hall–Kier alpha value is -0.630. The number of anilines is 1. The van der Waals surface area contributed by atoms with E-state index >= 15 is 0 Å². The third-order valence-corrected chi connectivity index (χ3v) is 5.20. The molecule has 0 unspecified atom stereocenters. The third kappa shape index (κ3) is 3.68. The van der Waals surface area contributed by atoms with Crippen LogP contribution in [0.1, 0.15) is 0 Å². The van der Waals surface area contributed by atoms with E-state index in [-0.39, 0.29) is 10.7 Å². The number of aromatic nitrogens is 1. The van der Waals surface area contributed by atoms with E-state index in [9.17, 15) is 8.42 Å². The highest BCUT2D eigenvalue weighted by molar-refractivity contribution is 9.10. The summed E-state index contributed by atoms with van der Waals surface area (Å²) in [5.41, 5.74) is 0. The van der Waals surface area contributed by atoms with Crippen molar-refractivity contribution < 1.29 is 8.42 Å². The fourth-order valence-corrected chi connectivity index (χ4v) is 3.19. The zero-order chi connectivity index (χ0) is 14.0. The van der Waals surface area contributed by atoms with Gasteiger partial charge in [0.15, 0.2) is 0 Å². The normalized spacial score (nSPS) is 11.3. The van der Waals surface area contributed by atoms with Gasteiger partial charge in [-0.15, -0.1) is 0 Å². The molecular formula is C11H7Br2ClN2O2S. The van der Waals surface area contributed by atoms with Crippen LogP contribution in [-0.4, -0.2) is 13.4 Å². The van der Waals surface area contributed by atoms with Crippen molar-refractivity contribution >= 4 is 59.3 Å². The Bertz CT molecular complexity index is 705. The predicted octanol–water partition coefficient (Wildman–Crippen LogP) is 4.06. The van der Waals surface area contributed by atoms with E-state index in [2.05, 4.69) is 41.6 Å². The smallest absolute Gasteiger partial charge is 0.263 e.